The standard InChI is InChI=1S/C26H24BrN3O4/c1-16(17-5-4-6-18(27)13-17)29-26(31)30-19-7-9-20(10-8-19)34-23-11-12-28-22-15-25(33-3)24(32-2)14-21(22)23/h4-16H,1-3H3,(H2,29,30,31). The number of ether oxygens (including phenoxy) is 3. The Bertz CT molecular complexity index is 1310. The van der Waals surface area contributed by atoms with E-state index in [2.05, 4.69) is 31.5 Å². The van der Waals surface area contributed by atoms with Crippen LogP contribution in [0.15, 0.2) is 77.4 Å². The number of benzene rings is 3. The molecule has 3 aromatic carbocycles. The third-order valence-corrected chi connectivity index (χ3v) is 5.74. The van der Waals surface area contributed by atoms with Gasteiger partial charge in [-0.1, -0.05) is 28.1 Å². The van der Waals surface area contributed by atoms with Crippen molar-refractivity contribution in [3.8, 4) is 23.0 Å². The normalized spacial score (nSPS) is 11.5. The molecular formula is C26H24BrN3O4. The summed E-state index contributed by atoms with van der Waals surface area (Å²) in [5, 5.41) is 6.58. The zero-order valence-corrected chi connectivity index (χ0v) is 20.5. The highest BCUT2D eigenvalue weighted by Crippen LogP contribution is 2.37. The molecule has 0 aliphatic rings. The number of pyridine rings is 1. The Kier molecular flexibility index (Phi) is 7.18. The van der Waals surface area contributed by atoms with Crippen LogP contribution in [0.25, 0.3) is 10.9 Å². The van der Waals surface area contributed by atoms with E-state index in [0.717, 1.165) is 20.9 Å². The summed E-state index contributed by atoms with van der Waals surface area (Å²) in [6.45, 7) is 1.93. The predicted octanol–water partition coefficient (Wildman–Crippen LogP) is 6.69. The number of urea groups is 1. The minimum atomic E-state index is -0.290. The molecule has 0 bridgehead atoms. The summed E-state index contributed by atoms with van der Waals surface area (Å²) in [6.07, 6.45) is 1.68. The van der Waals surface area contributed by atoms with Crippen molar-refractivity contribution < 1.29 is 19.0 Å². The van der Waals surface area contributed by atoms with Gasteiger partial charge in [0.1, 0.15) is 11.5 Å². The van der Waals surface area contributed by atoms with Gasteiger partial charge in [0.15, 0.2) is 11.5 Å². The first kappa shape index (κ1) is 23.4. The highest BCUT2D eigenvalue weighted by atomic mass is 79.9. The molecule has 4 rings (SSSR count). The molecule has 1 heterocycles. The van der Waals surface area contributed by atoms with Gasteiger partial charge in [-0.25, -0.2) is 4.79 Å². The molecule has 0 radical (unpaired) electrons. The van der Waals surface area contributed by atoms with E-state index in [-0.39, 0.29) is 12.1 Å². The highest BCUT2D eigenvalue weighted by molar-refractivity contribution is 9.10. The third kappa shape index (κ3) is 5.40. The lowest BCUT2D eigenvalue weighted by Crippen LogP contribution is -2.31. The highest BCUT2D eigenvalue weighted by Gasteiger charge is 2.12. The van der Waals surface area contributed by atoms with E-state index in [0.29, 0.717) is 28.7 Å². The summed E-state index contributed by atoms with van der Waals surface area (Å²) in [4.78, 5) is 16.8. The van der Waals surface area contributed by atoms with Crippen molar-refractivity contribution in [3.05, 3.63) is 83.0 Å². The molecule has 0 aliphatic carbocycles. The van der Waals surface area contributed by atoms with Crippen molar-refractivity contribution in [1.29, 1.82) is 0 Å². The van der Waals surface area contributed by atoms with Crippen LogP contribution in [0.1, 0.15) is 18.5 Å². The average molecular weight is 522 g/mol. The second-order valence-electron chi connectivity index (χ2n) is 7.54. The van der Waals surface area contributed by atoms with Crippen LogP contribution in [0.3, 0.4) is 0 Å². The number of carbonyl (C=O) groups is 1. The number of halogens is 1. The summed E-state index contributed by atoms with van der Waals surface area (Å²) in [6, 6.07) is 20.0. The lowest BCUT2D eigenvalue weighted by Gasteiger charge is -2.16. The van der Waals surface area contributed by atoms with Crippen LogP contribution in [0, 0.1) is 0 Å². The molecule has 0 aliphatic heterocycles. The van der Waals surface area contributed by atoms with Crippen molar-refractivity contribution >= 4 is 38.6 Å². The number of hydrogen-bond acceptors (Lipinski definition) is 5. The summed E-state index contributed by atoms with van der Waals surface area (Å²) in [5.74, 6) is 2.45. The molecule has 0 fully saturated rings. The maximum absolute atomic E-state index is 12.4. The largest absolute Gasteiger partial charge is 0.493 e. The van der Waals surface area contributed by atoms with Crippen LogP contribution in [0.4, 0.5) is 10.5 Å². The van der Waals surface area contributed by atoms with Crippen LogP contribution in [0.2, 0.25) is 0 Å². The number of hydrogen-bond donors (Lipinski definition) is 2. The van der Waals surface area contributed by atoms with Crippen LogP contribution in [-0.4, -0.2) is 25.2 Å². The minimum absolute atomic E-state index is 0.143. The SMILES string of the molecule is COc1cc2nccc(Oc3ccc(NC(=O)NC(C)c4cccc(Br)c4)cc3)c2cc1OC. The van der Waals surface area contributed by atoms with E-state index >= 15 is 0 Å². The summed E-state index contributed by atoms with van der Waals surface area (Å²) in [5.41, 5.74) is 2.38. The molecule has 174 valence electrons. The molecule has 0 saturated carbocycles. The van der Waals surface area contributed by atoms with E-state index in [1.54, 1.807) is 50.7 Å². The van der Waals surface area contributed by atoms with Crippen LogP contribution in [-0.2, 0) is 0 Å². The van der Waals surface area contributed by atoms with Crippen LogP contribution >= 0.6 is 15.9 Å². The molecule has 0 spiro atoms. The molecule has 1 aromatic heterocycles. The monoisotopic (exact) mass is 521 g/mol. The Morgan fingerprint density at radius 3 is 2.38 bits per heavy atom. The number of nitrogens with one attached hydrogen (secondary N) is 2. The predicted molar refractivity (Wildman–Crippen MR) is 136 cm³/mol. The van der Waals surface area contributed by atoms with Gasteiger partial charge in [-0.3, -0.25) is 4.98 Å². The first-order valence-corrected chi connectivity index (χ1v) is 11.4. The number of anilines is 1. The van der Waals surface area contributed by atoms with Gasteiger partial charge in [-0.2, -0.15) is 0 Å². The molecule has 0 saturated heterocycles. The van der Waals surface area contributed by atoms with E-state index in [1.807, 2.05) is 43.3 Å². The number of carbonyl (C=O) groups excluding carboxylic acids is 1. The van der Waals surface area contributed by atoms with Gasteiger partial charge in [0, 0.05) is 27.8 Å². The number of methoxy groups -OCH3 is 2. The minimum Gasteiger partial charge on any atom is -0.493 e. The Hall–Kier alpha value is -3.78. The lowest BCUT2D eigenvalue weighted by atomic mass is 10.1. The Labute approximate surface area is 206 Å². The summed E-state index contributed by atoms with van der Waals surface area (Å²) in [7, 11) is 3.17. The molecular weight excluding hydrogens is 498 g/mol. The molecule has 34 heavy (non-hydrogen) atoms. The van der Waals surface area contributed by atoms with Gasteiger partial charge < -0.3 is 24.8 Å². The Morgan fingerprint density at radius 2 is 1.68 bits per heavy atom. The van der Waals surface area contributed by atoms with Gasteiger partial charge in [0.25, 0.3) is 0 Å². The van der Waals surface area contributed by atoms with Crippen LogP contribution < -0.4 is 24.8 Å². The number of amides is 2. The topological polar surface area (TPSA) is 81.7 Å². The second kappa shape index (κ2) is 10.4. The van der Waals surface area contributed by atoms with Crippen molar-refractivity contribution in [2.45, 2.75) is 13.0 Å². The Balaban J connectivity index is 1.44. The Morgan fingerprint density at radius 1 is 0.941 bits per heavy atom. The first-order chi connectivity index (χ1) is 16.5. The number of aromatic nitrogens is 1. The van der Waals surface area contributed by atoms with Gasteiger partial charge in [0.2, 0.25) is 0 Å². The molecule has 2 N–H and O–H groups in total. The fraction of sp³-hybridized carbons (Fsp3) is 0.154. The van der Waals surface area contributed by atoms with E-state index in [4.69, 9.17) is 14.2 Å². The van der Waals surface area contributed by atoms with Crippen molar-refractivity contribution in [2.75, 3.05) is 19.5 Å². The molecule has 8 heteroatoms. The molecule has 7 nitrogen and oxygen atoms in total. The quantitative estimate of drug-likeness (QED) is 0.283. The van der Waals surface area contributed by atoms with Crippen molar-refractivity contribution in [2.24, 2.45) is 0 Å². The maximum atomic E-state index is 12.4. The summed E-state index contributed by atoms with van der Waals surface area (Å²) >= 11 is 3.45. The molecule has 1 unspecified atom stereocenters. The van der Waals surface area contributed by atoms with Crippen LogP contribution in [0.5, 0.6) is 23.0 Å². The van der Waals surface area contributed by atoms with Gasteiger partial charge >= 0.3 is 6.03 Å². The fourth-order valence-corrected chi connectivity index (χ4v) is 3.91. The molecule has 4 aromatic rings. The van der Waals surface area contributed by atoms with E-state index in [9.17, 15) is 4.79 Å². The average Bonchev–Trinajstić information content (AvgIpc) is 2.84. The van der Waals surface area contributed by atoms with Crippen molar-refractivity contribution in [1.82, 2.24) is 10.3 Å². The van der Waals surface area contributed by atoms with Crippen molar-refractivity contribution in [3.63, 3.8) is 0 Å². The molecule has 1 atom stereocenters. The number of nitrogens with zero attached hydrogens (tertiary/aromatic N) is 1. The zero-order valence-electron chi connectivity index (χ0n) is 19.0. The van der Waals surface area contributed by atoms with Gasteiger partial charge in [-0.15, -0.1) is 0 Å². The summed E-state index contributed by atoms with van der Waals surface area (Å²) < 4.78 is 17.8. The smallest absolute Gasteiger partial charge is 0.319 e. The van der Waals surface area contributed by atoms with E-state index < -0.39 is 0 Å². The lowest BCUT2D eigenvalue weighted by molar-refractivity contribution is 0.249. The van der Waals surface area contributed by atoms with Gasteiger partial charge in [-0.05, 0) is 61.0 Å². The zero-order chi connectivity index (χ0) is 24.1. The van der Waals surface area contributed by atoms with Gasteiger partial charge in [0.05, 0.1) is 25.8 Å². The molecule has 2 amide bonds. The third-order valence-electron chi connectivity index (χ3n) is 5.24. The second-order valence-corrected chi connectivity index (χ2v) is 8.45. The first-order valence-electron chi connectivity index (χ1n) is 10.6. The number of fused-ring (bicyclic) bond motifs is 1. The number of rotatable bonds is 7. The van der Waals surface area contributed by atoms with E-state index in [1.165, 1.54) is 0 Å². The maximum Gasteiger partial charge on any atom is 0.319 e. The fourth-order valence-electron chi connectivity index (χ4n) is 3.49.